The fraction of sp³-hybridized carbons (Fsp3) is 0.400. The van der Waals surface area contributed by atoms with Crippen molar-refractivity contribution in [3.8, 4) is 23.3 Å². The third-order valence-corrected chi connectivity index (χ3v) is 2.84. The van der Waals surface area contributed by atoms with Crippen molar-refractivity contribution in [3.63, 3.8) is 0 Å². The largest absolute Gasteiger partial charge is 0.493 e. The Morgan fingerprint density at radius 2 is 2.17 bits per heavy atom. The van der Waals surface area contributed by atoms with Crippen molar-refractivity contribution in [1.29, 1.82) is 0 Å². The fourth-order valence-corrected chi connectivity index (χ4v) is 1.61. The number of benzene rings is 1. The molecule has 0 heterocycles. The van der Waals surface area contributed by atoms with E-state index in [2.05, 4.69) is 11.8 Å². The van der Waals surface area contributed by atoms with Gasteiger partial charge in [-0.15, -0.1) is 0 Å². The van der Waals surface area contributed by atoms with Gasteiger partial charge in [-0.1, -0.05) is 5.92 Å². The van der Waals surface area contributed by atoms with E-state index in [0.29, 0.717) is 29.6 Å². The highest BCUT2D eigenvalue weighted by Crippen LogP contribution is 2.33. The molecule has 1 aliphatic carbocycles. The van der Waals surface area contributed by atoms with E-state index in [1.807, 2.05) is 0 Å². The molecule has 3 nitrogen and oxygen atoms in total. The molecule has 1 aromatic rings. The van der Waals surface area contributed by atoms with Gasteiger partial charge in [0.05, 0.1) is 13.7 Å². The first-order valence-corrected chi connectivity index (χ1v) is 6.02. The molecule has 0 spiro atoms. The minimum atomic E-state index is -0.198. The Labute approximate surface area is 107 Å². The second-order valence-electron chi connectivity index (χ2n) is 4.32. The zero-order valence-corrected chi connectivity index (χ0v) is 10.7. The van der Waals surface area contributed by atoms with Crippen molar-refractivity contribution in [1.82, 2.24) is 0 Å². The van der Waals surface area contributed by atoms with E-state index in [0.717, 1.165) is 0 Å². The molecule has 0 aromatic heterocycles. The molecular weight excluding hydrogens is 228 g/mol. The van der Waals surface area contributed by atoms with Crippen LogP contribution in [0.5, 0.6) is 11.5 Å². The monoisotopic (exact) mass is 244 g/mol. The normalized spacial score (nSPS) is 13.4. The first-order valence-electron chi connectivity index (χ1n) is 6.02. The van der Waals surface area contributed by atoms with Gasteiger partial charge in [-0.25, -0.2) is 0 Å². The van der Waals surface area contributed by atoms with Crippen molar-refractivity contribution < 1.29 is 14.3 Å². The molecule has 1 aliphatic rings. The summed E-state index contributed by atoms with van der Waals surface area (Å²) in [6.07, 6.45) is 2.45. The highest BCUT2D eigenvalue weighted by Gasteiger charge is 2.22. The molecule has 2 rings (SSSR count). The predicted molar refractivity (Wildman–Crippen MR) is 69.0 cm³/mol. The van der Waals surface area contributed by atoms with Crippen LogP contribution in [-0.4, -0.2) is 19.5 Å². The second-order valence-corrected chi connectivity index (χ2v) is 4.32. The number of ketones is 1. The lowest BCUT2D eigenvalue weighted by Crippen LogP contribution is -2.03. The molecule has 0 radical (unpaired) electrons. The van der Waals surface area contributed by atoms with Crippen LogP contribution in [0.15, 0.2) is 18.2 Å². The first-order chi connectivity index (χ1) is 8.74. The minimum Gasteiger partial charge on any atom is -0.493 e. The Balaban J connectivity index is 2.18. The molecule has 1 aromatic carbocycles. The number of ether oxygens (including phenoxy) is 2. The highest BCUT2D eigenvalue weighted by molar-refractivity contribution is 6.09. The average Bonchev–Trinajstić information content (AvgIpc) is 3.20. The molecule has 0 amide bonds. The van der Waals surface area contributed by atoms with Crippen molar-refractivity contribution in [3.05, 3.63) is 23.8 Å². The molecule has 0 atom stereocenters. The lowest BCUT2D eigenvalue weighted by molar-refractivity contribution is 0.105. The summed E-state index contributed by atoms with van der Waals surface area (Å²) in [6.45, 7) is 2.33. The highest BCUT2D eigenvalue weighted by atomic mass is 16.5. The Bertz CT molecular complexity index is 504. The van der Waals surface area contributed by atoms with E-state index >= 15 is 0 Å². The minimum absolute atomic E-state index is 0.198. The summed E-state index contributed by atoms with van der Waals surface area (Å²) in [5.41, 5.74) is 0.538. The van der Waals surface area contributed by atoms with E-state index in [1.165, 1.54) is 12.8 Å². The van der Waals surface area contributed by atoms with E-state index in [-0.39, 0.29) is 5.78 Å². The van der Waals surface area contributed by atoms with Crippen molar-refractivity contribution in [2.24, 2.45) is 5.92 Å². The van der Waals surface area contributed by atoms with Gasteiger partial charge in [-0.3, -0.25) is 4.79 Å². The zero-order chi connectivity index (χ0) is 13.0. The van der Waals surface area contributed by atoms with Crippen LogP contribution in [0.1, 0.15) is 30.1 Å². The molecule has 18 heavy (non-hydrogen) atoms. The van der Waals surface area contributed by atoms with E-state index in [4.69, 9.17) is 9.47 Å². The van der Waals surface area contributed by atoms with Crippen LogP contribution in [0, 0.1) is 17.8 Å². The molecule has 0 N–H and O–H groups in total. The number of carbonyl (C=O) groups excluding carboxylic acids is 1. The number of methoxy groups -OCH3 is 1. The number of Topliss-reactive ketones (excluding diaryl/α,β-unsaturated/α-hetero) is 1. The van der Waals surface area contributed by atoms with E-state index in [9.17, 15) is 4.79 Å². The fourth-order valence-electron chi connectivity index (χ4n) is 1.61. The molecule has 0 unspecified atom stereocenters. The molecule has 0 bridgehead atoms. The number of rotatable bonds is 5. The Morgan fingerprint density at radius 1 is 1.39 bits per heavy atom. The van der Waals surface area contributed by atoms with Crippen molar-refractivity contribution >= 4 is 5.78 Å². The lowest BCUT2D eigenvalue weighted by atomic mass is 10.1. The summed E-state index contributed by atoms with van der Waals surface area (Å²) in [5.74, 6) is 6.85. The quantitative estimate of drug-likeness (QED) is 0.454. The summed E-state index contributed by atoms with van der Waals surface area (Å²) in [7, 11) is 1.59. The maximum atomic E-state index is 11.7. The molecule has 94 valence electrons. The van der Waals surface area contributed by atoms with Crippen LogP contribution >= 0.6 is 0 Å². The summed E-state index contributed by atoms with van der Waals surface area (Å²) in [6, 6.07) is 5.15. The SMILES string of the molecule is CC#CC(=O)c1ccc(OC)c(OCC2CC2)c1. The summed E-state index contributed by atoms with van der Waals surface area (Å²) in [4.78, 5) is 11.7. The lowest BCUT2D eigenvalue weighted by Gasteiger charge is -2.10. The van der Waals surface area contributed by atoms with Gasteiger partial charge in [-0.05, 0) is 49.8 Å². The number of hydrogen-bond acceptors (Lipinski definition) is 3. The van der Waals surface area contributed by atoms with Crippen LogP contribution in [0.2, 0.25) is 0 Å². The smallest absolute Gasteiger partial charge is 0.236 e. The molecule has 0 aliphatic heterocycles. The molecular formula is C15H16O3. The maximum Gasteiger partial charge on any atom is 0.236 e. The zero-order valence-electron chi connectivity index (χ0n) is 10.7. The standard InChI is InChI=1S/C15H16O3/c1-3-4-13(16)12-7-8-14(17-2)15(9-12)18-10-11-5-6-11/h7-9,11H,5-6,10H2,1-2H3. The van der Waals surface area contributed by atoms with E-state index in [1.54, 1.807) is 32.2 Å². The van der Waals surface area contributed by atoms with Gasteiger partial charge in [0.15, 0.2) is 11.5 Å². The van der Waals surface area contributed by atoms with Crippen molar-refractivity contribution in [2.45, 2.75) is 19.8 Å². The van der Waals surface area contributed by atoms with Crippen LogP contribution in [0.3, 0.4) is 0 Å². The topological polar surface area (TPSA) is 35.5 Å². The van der Waals surface area contributed by atoms with Crippen LogP contribution in [0.4, 0.5) is 0 Å². The Morgan fingerprint density at radius 3 is 2.78 bits per heavy atom. The van der Waals surface area contributed by atoms with Crippen LogP contribution in [-0.2, 0) is 0 Å². The summed E-state index contributed by atoms with van der Waals surface area (Å²) in [5, 5.41) is 0. The van der Waals surface area contributed by atoms with Gasteiger partial charge in [0, 0.05) is 5.56 Å². The van der Waals surface area contributed by atoms with Gasteiger partial charge >= 0.3 is 0 Å². The molecule has 1 saturated carbocycles. The number of carbonyl (C=O) groups is 1. The summed E-state index contributed by atoms with van der Waals surface area (Å²) >= 11 is 0. The molecule has 3 heteroatoms. The van der Waals surface area contributed by atoms with Crippen LogP contribution in [0.25, 0.3) is 0 Å². The third-order valence-electron chi connectivity index (χ3n) is 2.84. The van der Waals surface area contributed by atoms with Crippen LogP contribution < -0.4 is 9.47 Å². The number of hydrogen-bond donors (Lipinski definition) is 0. The Hall–Kier alpha value is -1.95. The first kappa shape index (κ1) is 12.5. The molecule has 1 fully saturated rings. The maximum absolute atomic E-state index is 11.7. The average molecular weight is 244 g/mol. The van der Waals surface area contributed by atoms with Crippen molar-refractivity contribution in [2.75, 3.05) is 13.7 Å². The van der Waals surface area contributed by atoms with Gasteiger partial charge < -0.3 is 9.47 Å². The van der Waals surface area contributed by atoms with Gasteiger partial charge in [0.1, 0.15) is 0 Å². The summed E-state index contributed by atoms with van der Waals surface area (Å²) < 4.78 is 10.9. The molecule has 0 saturated heterocycles. The second kappa shape index (κ2) is 5.59. The van der Waals surface area contributed by atoms with Gasteiger partial charge in [0.2, 0.25) is 5.78 Å². The predicted octanol–water partition coefficient (Wildman–Crippen LogP) is 2.69. The van der Waals surface area contributed by atoms with E-state index < -0.39 is 0 Å². The van der Waals surface area contributed by atoms with Gasteiger partial charge in [-0.2, -0.15) is 0 Å². The van der Waals surface area contributed by atoms with Gasteiger partial charge in [0.25, 0.3) is 0 Å². The Kier molecular flexibility index (Phi) is 3.88. The third kappa shape index (κ3) is 3.04.